The zero-order valence-corrected chi connectivity index (χ0v) is 18.4. The van der Waals surface area contributed by atoms with Crippen LogP contribution in [0.25, 0.3) is 0 Å². The predicted octanol–water partition coefficient (Wildman–Crippen LogP) is 2.73. The number of rotatable bonds is 9. The molecule has 1 aliphatic rings. The van der Waals surface area contributed by atoms with Crippen LogP contribution in [0.3, 0.4) is 0 Å². The molecule has 0 bridgehead atoms. The number of nitrogens with zero attached hydrogens (tertiary/aromatic N) is 1. The smallest absolute Gasteiger partial charge is 0.191 e. The molecule has 0 amide bonds. The second-order valence-corrected chi connectivity index (χ2v) is 6.35. The number of halogens is 1. The molecular formula is C19H32IN3O3. The number of guanidine groups is 1. The first-order chi connectivity index (χ1) is 12.2. The Balaban J connectivity index is 0.00000338. The topological polar surface area (TPSA) is 64.1 Å². The van der Waals surface area contributed by atoms with Crippen molar-refractivity contribution in [1.29, 1.82) is 0 Å². The summed E-state index contributed by atoms with van der Waals surface area (Å²) in [6, 6.07) is 6.32. The first-order valence-corrected chi connectivity index (χ1v) is 8.96. The number of nitrogens with one attached hydrogen (secondary N) is 2. The van der Waals surface area contributed by atoms with Gasteiger partial charge in [-0.2, -0.15) is 0 Å². The third-order valence-electron chi connectivity index (χ3n) is 4.21. The molecule has 1 atom stereocenters. The van der Waals surface area contributed by atoms with E-state index in [1.54, 1.807) is 14.2 Å². The summed E-state index contributed by atoms with van der Waals surface area (Å²) in [4.78, 5) is 4.25. The molecule has 1 unspecified atom stereocenters. The Hall–Kier alpha value is -1.06. The predicted molar refractivity (Wildman–Crippen MR) is 116 cm³/mol. The van der Waals surface area contributed by atoms with E-state index in [4.69, 9.17) is 14.2 Å². The number of aryl methyl sites for hydroxylation is 1. The maximum atomic E-state index is 6.08. The summed E-state index contributed by atoms with van der Waals surface area (Å²) in [6.07, 6.45) is 2.02. The number of methoxy groups -OCH3 is 1. The van der Waals surface area contributed by atoms with E-state index in [1.807, 2.05) is 0 Å². The molecule has 0 radical (unpaired) electrons. The van der Waals surface area contributed by atoms with Crippen LogP contribution in [0.2, 0.25) is 0 Å². The van der Waals surface area contributed by atoms with Crippen molar-refractivity contribution in [2.75, 3.05) is 47.1 Å². The van der Waals surface area contributed by atoms with E-state index in [9.17, 15) is 0 Å². The fraction of sp³-hybridized carbons (Fsp3) is 0.632. The summed E-state index contributed by atoms with van der Waals surface area (Å²) in [6.45, 7) is 6.68. The first-order valence-electron chi connectivity index (χ1n) is 8.96. The lowest BCUT2D eigenvalue weighted by atomic mass is 10.1. The van der Waals surface area contributed by atoms with Gasteiger partial charge in [0.1, 0.15) is 5.75 Å². The van der Waals surface area contributed by atoms with Gasteiger partial charge < -0.3 is 24.8 Å². The molecule has 1 heterocycles. The third-order valence-corrected chi connectivity index (χ3v) is 4.21. The van der Waals surface area contributed by atoms with Crippen LogP contribution >= 0.6 is 24.0 Å². The van der Waals surface area contributed by atoms with Crippen LogP contribution in [0, 0.1) is 12.8 Å². The Morgan fingerprint density at radius 2 is 2.19 bits per heavy atom. The summed E-state index contributed by atoms with van der Waals surface area (Å²) in [5.41, 5.74) is 2.33. The Kier molecular flexibility index (Phi) is 11.6. The van der Waals surface area contributed by atoms with Gasteiger partial charge in [0.15, 0.2) is 5.96 Å². The Bertz CT molecular complexity index is 549. The van der Waals surface area contributed by atoms with Gasteiger partial charge in [0.05, 0.1) is 13.2 Å². The SMILES string of the molecule is CN=C(NCCCOC)NCc1ccc(C)cc1OCC1CCOC1.I. The van der Waals surface area contributed by atoms with Crippen molar-refractivity contribution in [3.05, 3.63) is 29.3 Å². The molecular weight excluding hydrogens is 445 g/mol. The Morgan fingerprint density at radius 1 is 1.35 bits per heavy atom. The van der Waals surface area contributed by atoms with Gasteiger partial charge in [0.25, 0.3) is 0 Å². The van der Waals surface area contributed by atoms with Crippen molar-refractivity contribution in [1.82, 2.24) is 10.6 Å². The molecule has 148 valence electrons. The van der Waals surface area contributed by atoms with E-state index in [1.165, 1.54) is 5.56 Å². The minimum absolute atomic E-state index is 0. The lowest BCUT2D eigenvalue weighted by molar-refractivity contribution is 0.166. The molecule has 2 N–H and O–H groups in total. The van der Waals surface area contributed by atoms with Crippen LogP contribution in [0.15, 0.2) is 23.2 Å². The Labute approximate surface area is 174 Å². The molecule has 6 nitrogen and oxygen atoms in total. The molecule has 1 fully saturated rings. The lowest BCUT2D eigenvalue weighted by Crippen LogP contribution is -2.37. The van der Waals surface area contributed by atoms with E-state index >= 15 is 0 Å². The quantitative estimate of drug-likeness (QED) is 0.248. The fourth-order valence-corrected chi connectivity index (χ4v) is 2.69. The number of benzene rings is 1. The van der Waals surface area contributed by atoms with Crippen molar-refractivity contribution in [3.63, 3.8) is 0 Å². The van der Waals surface area contributed by atoms with Crippen LogP contribution in [0.4, 0.5) is 0 Å². The van der Waals surface area contributed by atoms with Gasteiger partial charge in [-0.05, 0) is 31.4 Å². The number of aliphatic imine (C=N–C) groups is 1. The van der Waals surface area contributed by atoms with Gasteiger partial charge in [0.2, 0.25) is 0 Å². The maximum Gasteiger partial charge on any atom is 0.191 e. The minimum Gasteiger partial charge on any atom is -0.493 e. The fourth-order valence-electron chi connectivity index (χ4n) is 2.69. The molecule has 2 rings (SSSR count). The van der Waals surface area contributed by atoms with E-state index in [2.05, 4.69) is 40.7 Å². The highest BCUT2D eigenvalue weighted by atomic mass is 127. The van der Waals surface area contributed by atoms with E-state index in [0.29, 0.717) is 19.1 Å². The third kappa shape index (κ3) is 8.09. The number of hydrogen-bond donors (Lipinski definition) is 2. The molecule has 1 aromatic rings. The van der Waals surface area contributed by atoms with Crippen LogP contribution in [0.5, 0.6) is 5.75 Å². The highest BCUT2D eigenvalue weighted by Crippen LogP contribution is 2.22. The number of ether oxygens (including phenoxy) is 3. The summed E-state index contributed by atoms with van der Waals surface area (Å²) < 4.78 is 16.6. The van der Waals surface area contributed by atoms with E-state index < -0.39 is 0 Å². The molecule has 0 aromatic heterocycles. The second kappa shape index (κ2) is 13.2. The summed E-state index contributed by atoms with van der Waals surface area (Å²) in [5, 5.41) is 6.63. The number of hydrogen-bond acceptors (Lipinski definition) is 4. The Morgan fingerprint density at radius 3 is 2.88 bits per heavy atom. The molecule has 0 saturated carbocycles. The zero-order valence-electron chi connectivity index (χ0n) is 16.0. The van der Waals surface area contributed by atoms with Crippen molar-refractivity contribution in [3.8, 4) is 5.75 Å². The molecule has 1 aromatic carbocycles. The van der Waals surface area contributed by atoms with E-state index in [0.717, 1.165) is 56.5 Å². The first kappa shape index (κ1) is 23.0. The lowest BCUT2D eigenvalue weighted by Gasteiger charge is -2.17. The second-order valence-electron chi connectivity index (χ2n) is 6.35. The molecule has 1 saturated heterocycles. The minimum atomic E-state index is 0. The molecule has 0 aliphatic carbocycles. The molecule has 7 heteroatoms. The van der Waals surface area contributed by atoms with Crippen molar-refractivity contribution in [2.24, 2.45) is 10.9 Å². The monoisotopic (exact) mass is 477 g/mol. The highest BCUT2D eigenvalue weighted by Gasteiger charge is 2.17. The van der Waals surface area contributed by atoms with E-state index in [-0.39, 0.29) is 24.0 Å². The van der Waals surface area contributed by atoms with Crippen molar-refractivity contribution in [2.45, 2.75) is 26.3 Å². The van der Waals surface area contributed by atoms with Gasteiger partial charge in [0, 0.05) is 51.9 Å². The zero-order chi connectivity index (χ0) is 17.9. The van der Waals surface area contributed by atoms with Crippen molar-refractivity contribution >= 4 is 29.9 Å². The van der Waals surface area contributed by atoms with Gasteiger partial charge in [-0.1, -0.05) is 12.1 Å². The summed E-state index contributed by atoms with van der Waals surface area (Å²) in [5.74, 6) is 2.22. The highest BCUT2D eigenvalue weighted by molar-refractivity contribution is 14.0. The van der Waals surface area contributed by atoms with Gasteiger partial charge in [-0.3, -0.25) is 4.99 Å². The summed E-state index contributed by atoms with van der Waals surface area (Å²) in [7, 11) is 3.49. The van der Waals surface area contributed by atoms with Crippen LogP contribution in [-0.2, 0) is 16.0 Å². The normalized spacial score (nSPS) is 16.9. The van der Waals surface area contributed by atoms with Crippen LogP contribution in [0.1, 0.15) is 24.0 Å². The standard InChI is InChI=1S/C19H31N3O3.HI/c1-15-5-6-17(12-22-19(20-2)21-8-4-9-23-3)18(11-15)25-14-16-7-10-24-13-16;/h5-6,11,16H,4,7-10,12-14H2,1-3H3,(H2,20,21,22);1H. The average Bonchev–Trinajstić information content (AvgIpc) is 3.14. The molecule has 0 spiro atoms. The molecule has 1 aliphatic heterocycles. The van der Waals surface area contributed by atoms with Gasteiger partial charge in [-0.25, -0.2) is 0 Å². The van der Waals surface area contributed by atoms with Crippen LogP contribution < -0.4 is 15.4 Å². The van der Waals surface area contributed by atoms with Gasteiger partial charge >= 0.3 is 0 Å². The largest absolute Gasteiger partial charge is 0.493 e. The van der Waals surface area contributed by atoms with Gasteiger partial charge in [-0.15, -0.1) is 24.0 Å². The molecule has 26 heavy (non-hydrogen) atoms. The van der Waals surface area contributed by atoms with Crippen LogP contribution in [-0.4, -0.2) is 53.1 Å². The maximum absolute atomic E-state index is 6.08. The van der Waals surface area contributed by atoms with Crippen molar-refractivity contribution < 1.29 is 14.2 Å². The summed E-state index contributed by atoms with van der Waals surface area (Å²) >= 11 is 0. The average molecular weight is 477 g/mol.